The monoisotopic (exact) mass is 415 g/mol. The molecule has 0 atom stereocenters. The van der Waals surface area contributed by atoms with Gasteiger partial charge in [0, 0.05) is 28.6 Å². The van der Waals surface area contributed by atoms with Crippen LogP contribution in [0.15, 0.2) is 77.8 Å². The third-order valence-electron chi connectivity index (χ3n) is 4.79. The molecule has 0 aliphatic heterocycles. The van der Waals surface area contributed by atoms with Crippen molar-refractivity contribution in [3.63, 3.8) is 0 Å². The zero-order valence-corrected chi connectivity index (χ0v) is 16.4. The van der Waals surface area contributed by atoms with Gasteiger partial charge in [0.2, 0.25) is 0 Å². The molecule has 0 saturated heterocycles. The molecule has 0 saturated carbocycles. The van der Waals surface area contributed by atoms with Crippen molar-refractivity contribution in [1.29, 1.82) is 0 Å². The van der Waals surface area contributed by atoms with E-state index in [0.29, 0.717) is 39.0 Å². The molecular weight excluding hydrogens is 398 g/mol. The van der Waals surface area contributed by atoms with Gasteiger partial charge in [-0.25, -0.2) is 9.79 Å². The van der Waals surface area contributed by atoms with Crippen LogP contribution in [0.1, 0.15) is 21.5 Å². The van der Waals surface area contributed by atoms with Crippen LogP contribution in [-0.4, -0.2) is 33.8 Å². The maximum absolute atomic E-state index is 11.7. The summed E-state index contributed by atoms with van der Waals surface area (Å²) in [5.74, 6) is -0.607. The van der Waals surface area contributed by atoms with Crippen molar-refractivity contribution in [3.8, 4) is 5.88 Å². The average Bonchev–Trinajstić information content (AvgIpc) is 3.12. The van der Waals surface area contributed by atoms with E-state index in [4.69, 9.17) is 9.73 Å². The number of ether oxygens (including phenoxy) is 1. The summed E-state index contributed by atoms with van der Waals surface area (Å²) in [5.41, 5.74) is 2.85. The maximum atomic E-state index is 11.7. The molecule has 8 heteroatoms. The van der Waals surface area contributed by atoms with Gasteiger partial charge >= 0.3 is 5.97 Å². The highest BCUT2D eigenvalue weighted by Crippen LogP contribution is 2.33. The summed E-state index contributed by atoms with van der Waals surface area (Å²) in [5, 5.41) is 22.4. The van der Waals surface area contributed by atoms with Gasteiger partial charge in [0.25, 0.3) is 5.69 Å². The van der Waals surface area contributed by atoms with Crippen molar-refractivity contribution in [2.75, 3.05) is 7.11 Å². The van der Waals surface area contributed by atoms with Crippen LogP contribution in [0.3, 0.4) is 0 Å². The summed E-state index contributed by atoms with van der Waals surface area (Å²) in [6.07, 6.45) is 0. The van der Waals surface area contributed by atoms with Crippen molar-refractivity contribution in [2.45, 2.75) is 0 Å². The number of H-pyrrole nitrogens is 1. The summed E-state index contributed by atoms with van der Waals surface area (Å²) in [4.78, 5) is 30.0. The van der Waals surface area contributed by atoms with E-state index in [0.717, 1.165) is 0 Å². The molecular formula is C23H17N3O5. The van der Waals surface area contributed by atoms with Crippen molar-refractivity contribution in [2.24, 2.45) is 4.99 Å². The first-order valence-electron chi connectivity index (χ1n) is 9.30. The lowest BCUT2D eigenvalue weighted by Crippen LogP contribution is -2.03. The number of rotatable bonds is 5. The number of non-ortho nitro benzene ring substituents is 1. The standard InChI is InChI=1S/C23H17N3O5/c1-31-23(28)15-7-9-16(10-8-15)24-21(14-5-3-2-4-6-14)20-18-13-17(26(29)30)11-12-19(18)25-22(20)27/h2-13,25,27H,1H3. The molecule has 4 aromatic rings. The quantitative estimate of drug-likeness (QED) is 0.211. The van der Waals surface area contributed by atoms with Gasteiger partial charge in [0.15, 0.2) is 5.88 Å². The number of aromatic hydroxyl groups is 1. The van der Waals surface area contributed by atoms with Crippen LogP contribution in [0, 0.1) is 10.1 Å². The number of benzene rings is 3. The smallest absolute Gasteiger partial charge is 0.337 e. The zero-order valence-electron chi connectivity index (χ0n) is 16.4. The minimum absolute atomic E-state index is 0.0948. The van der Waals surface area contributed by atoms with Gasteiger partial charge in [0.1, 0.15) is 0 Å². The number of methoxy groups -OCH3 is 1. The van der Waals surface area contributed by atoms with Gasteiger partial charge in [-0.3, -0.25) is 10.1 Å². The Morgan fingerprint density at radius 3 is 2.39 bits per heavy atom. The fourth-order valence-electron chi connectivity index (χ4n) is 3.30. The number of nitrogens with zero attached hydrogens (tertiary/aromatic N) is 2. The minimum atomic E-state index is -0.488. The molecule has 8 nitrogen and oxygen atoms in total. The number of carbonyl (C=O) groups excluding carboxylic acids is 1. The van der Waals surface area contributed by atoms with E-state index < -0.39 is 10.9 Å². The molecule has 1 aromatic heterocycles. The molecule has 4 rings (SSSR count). The third-order valence-corrected chi connectivity index (χ3v) is 4.79. The van der Waals surface area contributed by atoms with Crippen LogP contribution in [0.4, 0.5) is 11.4 Å². The van der Waals surface area contributed by atoms with Crippen LogP contribution >= 0.6 is 0 Å². The molecule has 0 unspecified atom stereocenters. The first kappa shape index (κ1) is 19.8. The Labute approximate surface area is 176 Å². The number of nitro groups is 1. The van der Waals surface area contributed by atoms with Crippen LogP contribution in [-0.2, 0) is 4.74 Å². The lowest BCUT2D eigenvalue weighted by atomic mass is 10.0. The molecule has 0 bridgehead atoms. The molecule has 0 radical (unpaired) electrons. The number of nitro benzene ring substituents is 1. The molecule has 0 aliphatic carbocycles. The molecule has 2 N–H and O–H groups in total. The fraction of sp³-hybridized carbons (Fsp3) is 0.0435. The second kappa shape index (κ2) is 8.11. The number of hydrogen-bond donors (Lipinski definition) is 2. The Kier molecular flexibility index (Phi) is 5.19. The first-order valence-corrected chi connectivity index (χ1v) is 9.30. The third kappa shape index (κ3) is 3.86. The number of nitrogens with one attached hydrogen (secondary N) is 1. The lowest BCUT2D eigenvalue weighted by Gasteiger charge is -2.08. The molecule has 0 amide bonds. The lowest BCUT2D eigenvalue weighted by molar-refractivity contribution is -0.384. The number of esters is 1. The predicted octanol–water partition coefficient (Wildman–Crippen LogP) is 4.74. The van der Waals surface area contributed by atoms with E-state index in [-0.39, 0.29) is 11.6 Å². The summed E-state index contributed by atoms with van der Waals surface area (Å²) in [6, 6.07) is 20.0. The highest BCUT2D eigenvalue weighted by Gasteiger charge is 2.21. The van der Waals surface area contributed by atoms with Crippen molar-refractivity contribution < 1.29 is 19.6 Å². The molecule has 0 spiro atoms. The fourth-order valence-corrected chi connectivity index (χ4v) is 3.30. The first-order chi connectivity index (χ1) is 15.0. The van der Waals surface area contributed by atoms with E-state index in [2.05, 4.69) is 4.98 Å². The normalized spacial score (nSPS) is 11.5. The number of hydrogen-bond acceptors (Lipinski definition) is 6. The summed E-state index contributed by atoms with van der Waals surface area (Å²) >= 11 is 0. The number of aromatic nitrogens is 1. The van der Waals surface area contributed by atoms with Gasteiger partial charge < -0.3 is 14.8 Å². The largest absolute Gasteiger partial charge is 0.494 e. The predicted molar refractivity (Wildman–Crippen MR) is 116 cm³/mol. The summed E-state index contributed by atoms with van der Waals surface area (Å²) < 4.78 is 4.71. The van der Waals surface area contributed by atoms with Crippen LogP contribution in [0.2, 0.25) is 0 Å². The van der Waals surface area contributed by atoms with Crippen LogP contribution in [0.25, 0.3) is 10.9 Å². The number of aliphatic imine (C=N–C) groups is 1. The Hall–Kier alpha value is -4.46. The molecule has 1 heterocycles. The van der Waals surface area contributed by atoms with Gasteiger partial charge in [-0.1, -0.05) is 30.3 Å². The Balaban J connectivity index is 1.92. The van der Waals surface area contributed by atoms with E-state index in [9.17, 15) is 20.0 Å². The Morgan fingerprint density at radius 1 is 1.03 bits per heavy atom. The van der Waals surface area contributed by atoms with Crippen molar-refractivity contribution in [1.82, 2.24) is 4.98 Å². The van der Waals surface area contributed by atoms with E-state index in [1.165, 1.54) is 19.2 Å². The highest BCUT2D eigenvalue weighted by molar-refractivity contribution is 6.22. The second-order valence-electron chi connectivity index (χ2n) is 6.70. The zero-order chi connectivity index (χ0) is 22.0. The number of carbonyl (C=O) groups is 1. The number of fused-ring (bicyclic) bond motifs is 1. The summed E-state index contributed by atoms with van der Waals surface area (Å²) in [6.45, 7) is 0. The second-order valence-corrected chi connectivity index (χ2v) is 6.70. The van der Waals surface area contributed by atoms with E-state index in [1.807, 2.05) is 30.3 Å². The molecule has 0 fully saturated rings. The van der Waals surface area contributed by atoms with E-state index >= 15 is 0 Å². The topological polar surface area (TPSA) is 118 Å². The maximum Gasteiger partial charge on any atom is 0.337 e. The summed E-state index contributed by atoms with van der Waals surface area (Å²) in [7, 11) is 1.31. The molecule has 0 aliphatic rings. The molecule has 154 valence electrons. The number of aromatic amines is 1. The van der Waals surface area contributed by atoms with Crippen molar-refractivity contribution in [3.05, 3.63) is 99.6 Å². The molecule has 31 heavy (non-hydrogen) atoms. The van der Waals surface area contributed by atoms with Gasteiger partial charge in [0.05, 0.1) is 34.6 Å². The van der Waals surface area contributed by atoms with Gasteiger partial charge in [-0.2, -0.15) is 0 Å². The Bertz CT molecular complexity index is 1310. The minimum Gasteiger partial charge on any atom is -0.494 e. The Morgan fingerprint density at radius 2 is 1.74 bits per heavy atom. The van der Waals surface area contributed by atoms with Gasteiger partial charge in [-0.15, -0.1) is 0 Å². The van der Waals surface area contributed by atoms with Crippen LogP contribution < -0.4 is 0 Å². The van der Waals surface area contributed by atoms with E-state index in [1.54, 1.807) is 30.3 Å². The van der Waals surface area contributed by atoms with Crippen LogP contribution in [0.5, 0.6) is 5.88 Å². The van der Waals surface area contributed by atoms with Gasteiger partial charge in [-0.05, 0) is 30.3 Å². The molecule has 3 aromatic carbocycles. The average molecular weight is 415 g/mol. The highest BCUT2D eigenvalue weighted by atomic mass is 16.6. The van der Waals surface area contributed by atoms with Crippen molar-refractivity contribution >= 4 is 34.0 Å². The SMILES string of the molecule is COC(=O)c1ccc(N=C(c2ccccc2)c2c(O)[nH]c3ccc([N+](=O)[O-])cc23)cc1.